The lowest BCUT2D eigenvalue weighted by Gasteiger charge is -2.26. The highest BCUT2D eigenvalue weighted by molar-refractivity contribution is 6.10. The van der Waals surface area contributed by atoms with E-state index >= 15 is 0 Å². The van der Waals surface area contributed by atoms with E-state index in [-0.39, 0.29) is 23.3 Å². The highest BCUT2D eigenvalue weighted by Gasteiger charge is 2.45. The SMILES string of the molecule is Cc1ccc(C2=N[C@@H]3C[C@@H](C(C)(C)C)C[C@@H]3C(=O)N2)cc1. The molecule has 0 radical (unpaired) electrons. The summed E-state index contributed by atoms with van der Waals surface area (Å²) in [6, 6.07) is 8.33. The molecule has 112 valence electrons. The van der Waals surface area contributed by atoms with Crippen molar-refractivity contribution in [3.05, 3.63) is 35.4 Å². The number of aliphatic imine (C=N–C) groups is 1. The van der Waals surface area contributed by atoms with Gasteiger partial charge in [-0.15, -0.1) is 0 Å². The second kappa shape index (κ2) is 4.97. The molecule has 2 aliphatic rings. The maximum atomic E-state index is 12.4. The molecule has 1 aromatic rings. The Balaban J connectivity index is 1.87. The van der Waals surface area contributed by atoms with Gasteiger partial charge in [-0.2, -0.15) is 0 Å². The van der Waals surface area contributed by atoms with Crippen LogP contribution in [0.1, 0.15) is 44.7 Å². The lowest BCUT2D eigenvalue weighted by atomic mass is 9.79. The number of hydrogen-bond donors (Lipinski definition) is 1. The maximum Gasteiger partial charge on any atom is 0.230 e. The van der Waals surface area contributed by atoms with E-state index in [1.54, 1.807) is 0 Å². The summed E-state index contributed by atoms with van der Waals surface area (Å²) in [7, 11) is 0. The number of rotatable bonds is 1. The number of benzene rings is 1. The van der Waals surface area contributed by atoms with Gasteiger partial charge >= 0.3 is 0 Å². The lowest BCUT2D eigenvalue weighted by molar-refractivity contribution is -0.124. The van der Waals surface area contributed by atoms with Gasteiger partial charge in [0.15, 0.2) is 0 Å². The Morgan fingerprint density at radius 2 is 1.81 bits per heavy atom. The summed E-state index contributed by atoms with van der Waals surface area (Å²) in [6.07, 6.45) is 1.99. The molecule has 0 saturated heterocycles. The Bertz CT molecular complexity index is 580. The third-order valence-electron chi connectivity index (χ3n) is 4.95. The topological polar surface area (TPSA) is 41.5 Å². The minimum absolute atomic E-state index is 0.0587. The third kappa shape index (κ3) is 2.74. The van der Waals surface area contributed by atoms with Crippen LogP contribution in [0.2, 0.25) is 0 Å². The molecule has 0 bridgehead atoms. The van der Waals surface area contributed by atoms with Gasteiger partial charge in [0, 0.05) is 5.56 Å². The zero-order chi connectivity index (χ0) is 15.2. The number of carbonyl (C=O) groups is 1. The van der Waals surface area contributed by atoms with Crippen molar-refractivity contribution >= 4 is 11.7 Å². The normalized spacial score (nSPS) is 28.9. The number of hydrogen-bond acceptors (Lipinski definition) is 2. The Labute approximate surface area is 126 Å². The fraction of sp³-hybridized carbons (Fsp3) is 0.556. The number of nitrogens with one attached hydrogen (secondary N) is 1. The monoisotopic (exact) mass is 284 g/mol. The molecule has 3 nitrogen and oxygen atoms in total. The van der Waals surface area contributed by atoms with Crippen LogP contribution in [0, 0.1) is 24.2 Å². The van der Waals surface area contributed by atoms with Gasteiger partial charge in [0.2, 0.25) is 5.91 Å². The lowest BCUT2D eigenvalue weighted by Crippen LogP contribution is -2.44. The van der Waals surface area contributed by atoms with Crippen molar-refractivity contribution in [3.8, 4) is 0 Å². The Morgan fingerprint density at radius 3 is 2.43 bits per heavy atom. The van der Waals surface area contributed by atoms with Crippen molar-refractivity contribution in [1.82, 2.24) is 5.32 Å². The molecule has 21 heavy (non-hydrogen) atoms. The van der Waals surface area contributed by atoms with Crippen molar-refractivity contribution in [2.75, 3.05) is 0 Å². The van der Waals surface area contributed by atoms with Crippen LogP contribution in [0.25, 0.3) is 0 Å². The molecule has 0 unspecified atom stereocenters. The molecule has 3 atom stereocenters. The van der Waals surface area contributed by atoms with Gasteiger partial charge in [0.05, 0.1) is 12.0 Å². The molecule has 1 aliphatic heterocycles. The number of carbonyl (C=O) groups excluding carboxylic acids is 1. The van der Waals surface area contributed by atoms with Gasteiger partial charge < -0.3 is 5.32 Å². The van der Waals surface area contributed by atoms with Crippen molar-refractivity contribution in [2.45, 2.75) is 46.6 Å². The summed E-state index contributed by atoms with van der Waals surface area (Å²) in [5.74, 6) is 1.52. The van der Waals surface area contributed by atoms with E-state index in [1.807, 2.05) is 12.1 Å². The molecule has 1 saturated carbocycles. The average Bonchev–Trinajstić information content (AvgIpc) is 2.84. The van der Waals surface area contributed by atoms with Crippen LogP contribution in [0.15, 0.2) is 29.3 Å². The summed E-state index contributed by atoms with van der Waals surface area (Å²) in [5.41, 5.74) is 2.47. The molecular formula is C18H24N2O. The highest BCUT2D eigenvalue weighted by atomic mass is 16.2. The molecule has 3 heteroatoms. The van der Waals surface area contributed by atoms with Crippen molar-refractivity contribution in [2.24, 2.45) is 22.2 Å². The van der Waals surface area contributed by atoms with Crippen molar-refractivity contribution in [3.63, 3.8) is 0 Å². The first-order valence-electron chi connectivity index (χ1n) is 7.80. The fourth-order valence-corrected chi connectivity index (χ4v) is 3.41. The zero-order valence-electron chi connectivity index (χ0n) is 13.3. The maximum absolute atomic E-state index is 12.4. The van der Waals surface area contributed by atoms with Crippen LogP contribution in [0.4, 0.5) is 0 Å². The zero-order valence-corrected chi connectivity index (χ0v) is 13.3. The fourth-order valence-electron chi connectivity index (χ4n) is 3.41. The van der Waals surface area contributed by atoms with E-state index < -0.39 is 0 Å². The van der Waals surface area contributed by atoms with Crippen LogP contribution < -0.4 is 5.32 Å². The van der Waals surface area contributed by atoms with Gasteiger partial charge in [-0.05, 0) is 31.1 Å². The van der Waals surface area contributed by atoms with E-state index in [4.69, 9.17) is 4.99 Å². The van der Waals surface area contributed by atoms with Crippen LogP contribution in [-0.4, -0.2) is 17.8 Å². The van der Waals surface area contributed by atoms with Gasteiger partial charge in [0.25, 0.3) is 0 Å². The first-order chi connectivity index (χ1) is 9.84. The largest absolute Gasteiger partial charge is 0.310 e. The summed E-state index contributed by atoms with van der Waals surface area (Å²) >= 11 is 0. The smallest absolute Gasteiger partial charge is 0.230 e. The number of aryl methyl sites for hydroxylation is 1. The molecule has 1 amide bonds. The standard InChI is InChI=1S/C18H24N2O/c1-11-5-7-12(8-6-11)16-19-15-10-13(18(2,3)4)9-14(15)17(21)20-16/h5-8,13-15H,9-10H2,1-4H3,(H,19,20,21)/t13-,14-,15+/m0/s1. The van der Waals surface area contributed by atoms with Crippen LogP contribution >= 0.6 is 0 Å². The minimum Gasteiger partial charge on any atom is -0.310 e. The van der Waals surface area contributed by atoms with Crippen molar-refractivity contribution < 1.29 is 4.79 Å². The minimum atomic E-state index is 0.0587. The second-order valence-electron chi connectivity index (χ2n) is 7.54. The molecule has 1 fully saturated rings. The highest BCUT2D eigenvalue weighted by Crippen LogP contribution is 2.44. The summed E-state index contributed by atoms with van der Waals surface area (Å²) < 4.78 is 0. The molecule has 3 rings (SSSR count). The molecule has 0 aromatic heterocycles. The number of amidine groups is 1. The summed E-state index contributed by atoms with van der Waals surface area (Å²) in [4.78, 5) is 17.2. The Hall–Kier alpha value is -1.64. The Morgan fingerprint density at radius 1 is 1.14 bits per heavy atom. The van der Waals surface area contributed by atoms with E-state index in [9.17, 15) is 4.79 Å². The third-order valence-corrected chi connectivity index (χ3v) is 4.95. The number of nitrogens with zero attached hydrogens (tertiary/aromatic N) is 1. The molecule has 1 N–H and O–H groups in total. The van der Waals surface area contributed by atoms with E-state index in [1.165, 1.54) is 5.56 Å². The second-order valence-corrected chi connectivity index (χ2v) is 7.54. The quantitative estimate of drug-likeness (QED) is 0.844. The summed E-state index contributed by atoms with van der Waals surface area (Å²) in [6.45, 7) is 8.85. The van der Waals surface area contributed by atoms with E-state index in [2.05, 4.69) is 45.1 Å². The first kappa shape index (κ1) is 14.3. The van der Waals surface area contributed by atoms with Gasteiger partial charge in [-0.3, -0.25) is 9.79 Å². The molecule has 1 aromatic carbocycles. The van der Waals surface area contributed by atoms with Gasteiger partial charge in [-0.1, -0.05) is 50.6 Å². The van der Waals surface area contributed by atoms with Crippen LogP contribution in [-0.2, 0) is 4.79 Å². The number of amides is 1. The number of fused-ring (bicyclic) bond motifs is 1. The van der Waals surface area contributed by atoms with Crippen LogP contribution in [0.5, 0.6) is 0 Å². The molecular weight excluding hydrogens is 260 g/mol. The van der Waals surface area contributed by atoms with Crippen molar-refractivity contribution in [1.29, 1.82) is 0 Å². The predicted molar refractivity (Wildman–Crippen MR) is 85.3 cm³/mol. The molecule has 1 aliphatic carbocycles. The first-order valence-corrected chi connectivity index (χ1v) is 7.80. The van der Waals surface area contributed by atoms with E-state index in [0.29, 0.717) is 5.92 Å². The van der Waals surface area contributed by atoms with E-state index in [0.717, 1.165) is 24.2 Å². The van der Waals surface area contributed by atoms with Crippen LogP contribution in [0.3, 0.4) is 0 Å². The van der Waals surface area contributed by atoms with Gasteiger partial charge in [-0.25, -0.2) is 0 Å². The predicted octanol–water partition coefficient (Wildman–Crippen LogP) is 3.31. The summed E-state index contributed by atoms with van der Waals surface area (Å²) in [5, 5.41) is 3.01. The van der Waals surface area contributed by atoms with Gasteiger partial charge in [0.1, 0.15) is 5.84 Å². The average molecular weight is 284 g/mol. The molecule has 0 spiro atoms. The Kier molecular flexibility index (Phi) is 3.39. The molecule has 1 heterocycles.